The molecule has 3 aliphatic heterocycles. The first-order valence-electron chi connectivity index (χ1n) is 11.4. The van der Waals surface area contributed by atoms with Crippen molar-refractivity contribution in [2.75, 3.05) is 43.0 Å². The molecule has 4 radical (unpaired) electrons. The van der Waals surface area contributed by atoms with Crippen LogP contribution in [-0.4, -0.2) is 71.0 Å². The summed E-state index contributed by atoms with van der Waals surface area (Å²) in [6.07, 6.45) is 2.31. The summed E-state index contributed by atoms with van der Waals surface area (Å²) in [7, 11) is 14.9. The van der Waals surface area contributed by atoms with Gasteiger partial charge in [0.2, 0.25) is 0 Å². The van der Waals surface area contributed by atoms with Crippen molar-refractivity contribution in [2.45, 2.75) is 43.0 Å². The normalized spacial score (nSPS) is 26.0. The Morgan fingerprint density at radius 3 is 2.66 bits per heavy atom. The molecule has 5 rings (SSSR count). The smallest absolute Gasteiger partial charge is 0.162 e. The largest absolute Gasteiger partial charge is 0.383 e. The van der Waals surface area contributed by atoms with Gasteiger partial charge in [-0.1, -0.05) is 19.1 Å². The molecule has 4 nitrogen and oxygen atoms in total. The van der Waals surface area contributed by atoms with Gasteiger partial charge in [-0.05, 0) is 60.6 Å². The van der Waals surface area contributed by atoms with Crippen LogP contribution >= 0.6 is 0 Å². The van der Waals surface area contributed by atoms with E-state index < -0.39 is 5.34 Å². The van der Waals surface area contributed by atoms with Crippen LogP contribution in [0.4, 0.5) is 15.8 Å². The molecular weight excluding hydrogens is 399 g/mol. The zero-order valence-electron chi connectivity index (χ0n) is 18.9. The highest BCUT2D eigenvalue weighted by atomic mass is 19.1. The highest BCUT2D eigenvalue weighted by molar-refractivity contribution is 6.42. The molecule has 0 amide bonds. The van der Waals surface area contributed by atoms with E-state index in [1.165, 1.54) is 23.4 Å². The molecule has 0 spiro atoms. The molecule has 1 saturated heterocycles. The summed E-state index contributed by atoms with van der Waals surface area (Å²) >= 11 is 0. The molecule has 0 aliphatic carbocycles. The molecular formula is C25H28B2FN3O. The summed E-state index contributed by atoms with van der Waals surface area (Å²) in [5, 5.41) is -0.894. The van der Waals surface area contributed by atoms with Crippen molar-refractivity contribution in [2.24, 2.45) is 0 Å². The second kappa shape index (κ2) is 7.65. The number of nitrogens with zero attached hydrogens (tertiary/aromatic N) is 3. The van der Waals surface area contributed by atoms with Gasteiger partial charge >= 0.3 is 0 Å². The molecule has 2 atom stereocenters. The first-order valence-corrected chi connectivity index (χ1v) is 11.4. The number of rotatable bonds is 5. The lowest BCUT2D eigenvalue weighted by atomic mass is 9.59. The van der Waals surface area contributed by atoms with Crippen LogP contribution < -0.4 is 9.80 Å². The Balaban J connectivity index is 1.29. The molecule has 0 unspecified atom stereocenters. The molecule has 3 aliphatic rings. The van der Waals surface area contributed by atoms with Crippen LogP contribution in [0.25, 0.3) is 0 Å². The van der Waals surface area contributed by atoms with Crippen molar-refractivity contribution >= 4 is 32.9 Å². The number of carbonyl (C=O) groups excluding carboxylic acids is 1. The fraction of sp³-hybridized carbons (Fsp3) is 0.480. The van der Waals surface area contributed by atoms with Crippen molar-refractivity contribution in [3.8, 4) is 0 Å². The molecule has 3 heterocycles. The minimum atomic E-state index is -0.894. The van der Waals surface area contributed by atoms with Gasteiger partial charge in [0, 0.05) is 50.1 Å². The Labute approximate surface area is 192 Å². The maximum Gasteiger partial charge on any atom is 0.162 e. The number of likely N-dealkylation sites (tertiary alicyclic amines) is 1. The van der Waals surface area contributed by atoms with E-state index >= 15 is 0 Å². The van der Waals surface area contributed by atoms with E-state index in [2.05, 4.69) is 34.9 Å². The molecule has 32 heavy (non-hydrogen) atoms. The predicted molar refractivity (Wildman–Crippen MR) is 129 cm³/mol. The van der Waals surface area contributed by atoms with E-state index in [-0.39, 0.29) is 17.0 Å². The summed E-state index contributed by atoms with van der Waals surface area (Å²) in [6.45, 7) is 5.78. The number of fused-ring (bicyclic) bond motifs is 3. The summed E-state index contributed by atoms with van der Waals surface area (Å²) in [5.74, 6) is -0.243. The van der Waals surface area contributed by atoms with Crippen molar-refractivity contribution in [3.63, 3.8) is 0 Å². The van der Waals surface area contributed by atoms with E-state index in [0.717, 1.165) is 38.2 Å². The van der Waals surface area contributed by atoms with Crippen LogP contribution in [0.1, 0.15) is 42.1 Å². The van der Waals surface area contributed by atoms with Gasteiger partial charge in [0.15, 0.2) is 5.78 Å². The lowest BCUT2D eigenvalue weighted by molar-refractivity contribution is 0.0963. The molecule has 0 saturated carbocycles. The third-order valence-electron chi connectivity index (χ3n) is 7.75. The van der Waals surface area contributed by atoms with E-state index in [1.807, 2.05) is 11.9 Å². The topological polar surface area (TPSA) is 26.8 Å². The van der Waals surface area contributed by atoms with Crippen LogP contribution in [0.3, 0.4) is 0 Å². The van der Waals surface area contributed by atoms with Gasteiger partial charge in [0.05, 0.1) is 27.1 Å². The lowest BCUT2D eigenvalue weighted by Crippen LogP contribution is -2.63. The van der Waals surface area contributed by atoms with Crippen molar-refractivity contribution < 1.29 is 9.18 Å². The number of hydrogen-bond donors (Lipinski definition) is 0. The number of Topliss-reactive ketones (excluding diaryl/α,β-unsaturated/α-hetero) is 1. The molecule has 1 fully saturated rings. The Morgan fingerprint density at radius 1 is 1.16 bits per heavy atom. The van der Waals surface area contributed by atoms with Gasteiger partial charge in [-0.25, -0.2) is 4.39 Å². The fourth-order valence-electron chi connectivity index (χ4n) is 5.98. The molecule has 2 aromatic rings. The summed E-state index contributed by atoms with van der Waals surface area (Å²) < 4.78 is 13.1. The monoisotopic (exact) mass is 427 g/mol. The zero-order chi connectivity index (χ0) is 22.7. The summed E-state index contributed by atoms with van der Waals surface area (Å²) in [5.41, 5.74) is 4.33. The first-order chi connectivity index (χ1) is 15.2. The number of likely N-dealkylation sites (N-methyl/N-ethyl adjacent to an activating group) is 1. The average Bonchev–Trinajstić information content (AvgIpc) is 3.00. The van der Waals surface area contributed by atoms with Gasteiger partial charge in [0.1, 0.15) is 5.82 Å². The standard InChI is InChI=1S/C25H28B2FN3O/c1-24-15-30(13-4-7-21(32)17-8-10-18(28)11-9-17)14-12-22(24)31-16-25(26,27)29(2)20-6-3-5-19(24)23(20)31/h3,5-6,8-11,22H,4,7,12-16H2,1-2H3/t22-,24-/m0/s1. The number of halogens is 1. The number of para-hydroxylation sites is 1. The quantitative estimate of drug-likeness (QED) is 0.542. The predicted octanol–water partition coefficient (Wildman–Crippen LogP) is 3.08. The van der Waals surface area contributed by atoms with E-state index in [9.17, 15) is 9.18 Å². The van der Waals surface area contributed by atoms with Gasteiger partial charge < -0.3 is 14.7 Å². The average molecular weight is 427 g/mol. The molecule has 162 valence electrons. The van der Waals surface area contributed by atoms with Crippen LogP contribution in [-0.2, 0) is 5.41 Å². The van der Waals surface area contributed by atoms with Crippen LogP contribution in [0.2, 0.25) is 0 Å². The van der Waals surface area contributed by atoms with Gasteiger partial charge in [-0.2, -0.15) is 0 Å². The SMILES string of the molecule is [B]C1([B])CN2c3c(cccc3[C@]3(C)CN(CCCC(=O)c4ccc(F)cc4)CC[C@H]23)N1C. The van der Waals surface area contributed by atoms with E-state index in [4.69, 9.17) is 15.7 Å². The molecule has 0 aromatic heterocycles. The number of anilines is 2. The van der Waals surface area contributed by atoms with E-state index in [1.54, 1.807) is 12.1 Å². The molecule has 0 N–H and O–H groups in total. The molecule has 7 heteroatoms. The maximum absolute atomic E-state index is 13.1. The highest BCUT2D eigenvalue weighted by Gasteiger charge is 2.54. The minimum absolute atomic E-state index is 0.00812. The van der Waals surface area contributed by atoms with Crippen molar-refractivity contribution in [1.29, 1.82) is 0 Å². The highest BCUT2D eigenvalue weighted by Crippen LogP contribution is 2.54. The maximum atomic E-state index is 13.1. The zero-order valence-corrected chi connectivity index (χ0v) is 18.9. The van der Waals surface area contributed by atoms with Gasteiger partial charge in [0.25, 0.3) is 0 Å². The summed E-state index contributed by atoms with van der Waals surface area (Å²) in [4.78, 5) is 19.4. The Hall–Kier alpha value is -2.27. The fourth-order valence-corrected chi connectivity index (χ4v) is 5.98. The number of hydrogen-bond acceptors (Lipinski definition) is 4. The second-order valence-electron chi connectivity index (χ2n) is 9.88. The summed E-state index contributed by atoms with van der Waals surface area (Å²) in [6, 6.07) is 12.7. The first kappa shape index (κ1) is 21.6. The van der Waals surface area contributed by atoms with E-state index in [0.29, 0.717) is 24.6 Å². The lowest BCUT2D eigenvalue weighted by Gasteiger charge is -2.51. The number of benzene rings is 2. The Morgan fingerprint density at radius 2 is 1.91 bits per heavy atom. The van der Waals surface area contributed by atoms with Crippen molar-refractivity contribution in [3.05, 3.63) is 59.4 Å². The third-order valence-corrected chi connectivity index (χ3v) is 7.75. The minimum Gasteiger partial charge on any atom is -0.383 e. The number of piperidine rings is 1. The second-order valence-corrected chi connectivity index (χ2v) is 9.88. The number of carbonyl (C=O) groups is 1. The molecule has 2 aromatic carbocycles. The van der Waals surface area contributed by atoms with Crippen LogP contribution in [0.5, 0.6) is 0 Å². The third kappa shape index (κ3) is 3.37. The van der Waals surface area contributed by atoms with Gasteiger partial charge in [-0.15, -0.1) is 0 Å². The molecule has 0 bridgehead atoms. The van der Waals surface area contributed by atoms with Crippen molar-refractivity contribution in [1.82, 2.24) is 4.90 Å². The Bertz CT molecular complexity index is 1040. The van der Waals surface area contributed by atoms with Crippen LogP contribution in [0, 0.1) is 5.82 Å². The number of ketones is 1. The Kier molecular flexibility index (Phi) is 5.16. The van der Waals surface area contributed by atoms with Crippen LogP contribution in [0.15, 0.2) is 42.5 Å². The van der Waals surface area contributed by atoms with Gasteiger partial charge in [-0.3, -0.25) is 4.79 Å².